The molecule has 2 heteroatoms. The average Bonchev–Trinajstić information content (AvgIpc) is 2.15. The summed E-state index contributed by atoms with van der Waals surface area (Å²) in [4.78, 5) is 0. The van der Waals surface area contributed by atoms with E-state index < -0.39 is 0 Å². The van der Waals surface area contributed by atoms with E-state index in [0.717, 1.165) is 12.2 Å². The highest BCUT2D eigenvalue weighted by molar-refractivity contribution is 5.18. The van der Waals surface area contributed by atoms with E-state index in [1.165, 1.54) is 0 Å². The molecule has 0 radical (unpaired) electrons. The van der Waals surface area contributed by atoms with Crippen LogP contribution in [0.1, 0.15) is 18.5 Å². The molecular formula is C10H15NO. The Balaban J connectivity index is 2.48. The molecular weight excluding hydrogens is 150 g/mol. The van der Waals surface area contributed by atoms with Crippen LogP contribution in [-0.4, -0.2) is 13.2 Å². The number of hydrogen-bond donors (Lipinski definition) is 1. The van der Waals surface area contributed by atoms with Gasteiger partial charge in [0, 0.05) is 6.61 Å². The van der Waals surface area contributed by atoms with Gasteiger partial charge in [0.2, 0.25) is 0 Å². The molecule has 1 aromatic carbocycles. The predicted octanol–water partition coefficient (Wildman–Crippen LogP) is 1.72. The second-order valence-electron chi connectivity index (χ2n) is 2.68. The first kappa shape index (κ1) is 9.23. The van der Waals surface area contributed by atoms with Crippen molar-refractivity contribution in [3.8, 4) is 0 Å². The van der Waals surface area contributed by atoms with Crippen molar-refractivity contribution >= 4 is 0 Å². The van der Waals surface area contributed by atoms with Crippen molar-refractivity contribution in [1.29, 1.82) is 0 Å². The van der Waals surface area contributed by atoms with Gasteiger partial charge in [0.1, 0.15) is 0 Å². The number of rotatable bonds is 4. The largest absolute Gasteiger partial charge is 0.380 e. The molecule has 1 unspecified atom stereocenters. The number of benzene rings is 1. The molecule has 0 fully saturated rings. The molecule has 0 spiro atoms. The first-order chi connectivity index (χ1) is 5.84. The molecule has 0 aliphatic carbocycles. The van der Waals surface area contributed by atoms with Crippen molar-refractivity contribution in [2.75, 3.05) is 13.2 Å². The highest BCUT2D eigenvalue weighted by Gasteiger charge is 2.03. The van der Waals surface area contributed by atoms with Gasteiger partial charge in [-0.15, -0.1) is 0 Å². The number of ether oxygens (including phenoxy) is 1. The Bertz CT molecular complexity index is 210. The van der Waals surface area contributed by atoms with Gasteiger partial charge in [0.15, 0.2) is 0 Å². The summed E-state index contributed by atoms with van der Waals surface area (Å²) in [5, 5.41) is 0. The second-order valence-corrected chi connectivity index (χ2v) is 2.68. The maximum absolute atomic E-state index is 5.86. The highest BCUT2D eigenvalue weighted by Crippen LogP contribution is 2.08. The fourth-order valence-electron chi connectivity index (χ4n) is 1.04. The van der Waals surface area contributed by atoms with E-state index in [9.17, 15) is 0 Å². The van der Waals surface area contributed by atoms with Crippen molar-refractivity contribution in [3.63, 3.8) is 0 Å². The first-order valence-electron chi connectivity index (χ1n) is 4.23. The van der Waals surface area contributed by atoms with Crippen LogP contribution in [0, 0.1) is 0 Å². The summed E-state index contributed by atoms with van der Waals surface area (Å²) in [6, 6.07) is 10.00. The van der Waals surface area contributed by atoms with Gasteiger partial charge in [0.05, 0.1) is 12.6 Å². The van der Waals surface area contributed by atoms with Crippen LogP contribution >= 0.6 is 0 Å². The molecule has 0 aliphatic heterocycles. The van der Waals surface area contributed by atoms with E-state index in [4.69, 9.17) is 10.5 Å². The average molecular weight is 165 g/mol. The maximum atomic E-state index is 5.86. The molecule has 0 heterocycles. The molecule has 12 heavy (non-hydrogen) atoms. The van der Waals surface area contributed by atoms with Gasteiger partial charge < -0.3 is 10.5 Å². The van der Waals surface area contributed by atoms with Gasteiger partial charge in [-0.1, -0.05) is 30.3 Å². The van der Waals surface area contributed by atoms with Gasteiger partial charge in [-0.3, -0.25) is 0 Å². The van der Waals surface area contributed by atoms with Crippen LogP contribution in [-0.2, 0) is 4.74 Å². The van der Waals surface area contributed by atoms with Crippen molar-refractivity contribution in [1.82, 2.24) is 0 Å². The monoisotopic (exact) mass is 165 g/mol. The minimum atomic E-state index is 0.00569. The lowest BCUT2D eigenvalue weighted by atomic mass is 10.1. The van der Waals surface area contributed by atoms with Crippen LogP contribution in [0.25, 0.3) is 0 Å². The summed E-state index contributed by atoms with van der Waals surface area (Å²) in [5.41, 5.74) is 6.99. The molecule has 0 saturated carbocycles. The normalized spacial score (nSPS) is 12.8. The van der Waals surface area contributed by atoms with Crippen LogP contribution in [0.2, 0.25) is 0 Å². The fourth-order valence-corrected chi connectivity index (χ4v) is 1.04. The van der Waals surface area contributed by atoms with Crippen LogP contribution in [0.4, 0.5) is 0 Å². The summed E-state index contributed by atoms with van der Waals surface area (Å²) >= 11 is 0. The lowest BCUT2D eigenvalue weighted by Crippen LogP contribution is -2.16. The first-order valence-corrected chi connectivity index (χ1v) is 4.23. The zero-order chi connectivity index (χ0) is 8.81. The molecule has 1 rings (SSSR count). The molecule has 2 N–H and O–H groups in total. The van der Waals surface area contributed by atoms with E-state index in [0.29, 0.717) is 6.61 Å². The Hall–Kier alpha value is -0.860. The van der Waals surface area contributed by atoms with E-state index in [2.05, 4.69) is 0 Å². The van der Waals surface area contributed by atoms with E-state index >= 15 is 0 Å². The Labute approximate surface area is 73.3 Å². The minimum Gasteiger partial charge on any atom is -0.380 e. The van der Waals surface area contributed by atoms with Crippen LogP contribution < -0.4 is 5.73 Å². The van der Waals surface area contributed by atoms with Crippen molar-refractivity contribution in [3.05, 3.63) is 35.9 Å². The van der Waals surface area contributed by atoms with Crippen molar-refractivity contribution in [2.45, 2.75) is 13.0 Å². The predicted molar refractivity (Wildman–Crippen MR) is 49.9 cm³/mol. The van der Waals surface area contributed by atoms with Crippen molar-refractivity contribution < 1.29 is 4.74 Å². The lowest BCUT2D eigenvalue weighted by molar-refractivity contribution is 0.133. The van der Waals surface area contributed by atoms with Gasteiger partial charge in [0.25, 0.3) is 0 Å². The van der Waals surface area contributed by atoms with Crippen LogP contribution in [0.5, 0.6) is 0 Å². The lowest BCUT2D eigenvalue weighted by Gasteiger charge is -2.10. The third-order valence-electron chi connectivity index (χ3n) is 1.73. The smallest absolute Gasteiger partial charge is 0.0659 e. The SMILES string of the molecule is CCOCC(N)c1ccccc1. The molecule has 66 valence electrons. The van der Waals surface area contributed by atoms with E-state index in [1.807, 2.05) is 37.3 Å². The molecule has 0 aliphatic rings. The molecule has 1 atom stereocenters. The summed E-state index contributed by atoms with van der Waals surface area (Å²) < 4.78 is 5.22. The summed E-state index contributed by atoms with van der Waals surface area (Å²) in [6.07, 6.45) is 0. The van der Waals surface area contributed by atoms with E-state index in [-0.39, 0.29) is 6.04 Å². The van der Waals surface area contributed by atoms with Crippen LogP contribution in [0.3, 0.4) is 0 Å². The topological polar surface area (TPSA) is 35.2 Å². The maximum Gasteiger partial charge on any atom is 0.0659 e. The molecule has 2 nitrogen and oxygen atoms in total. The fraction of sp³-hybridized carbons (Fsp3) is 0.400. The molecule has 0 amide bonds. The number of hydrogen-bond acceptors (Lipinski definition) is 2. The minimum absolute atomic E-state index is 0.00569. The van der Waals surface area contributed by atoms with Gasteiger partial charge in [-0.25, -0.2) is 0 Å². The van der Waals surface area contributed by atoms with Gasteiger partial charge >= 0.3 is 0 Å². The molecule has 0 bridgehead atoms. The Morgan fingerprint density at radius 3 is 2.58 bits per heavy atom. The zero-order valence-corrected chi connectivity index (χ0v) is 7.36. The third-order valence-corrected chi connectivity index (χ3v) is 1.73. The molecule has 1 aromatic rings. The highest BCUT2D eigenvalue weighted by atomic mass is 16.5. The van der Waals surface area contributed by atoms with Gasteiger partial charge in [-0.05, 0) is 12.5 Å². The molecule has 0 aromatic heterocycles. The summed E-state index contributed by atoms with van der Waals surface area (Å²) in [7, 11) is 0. The van der Waals surface area contributed by atoms with Crippen LogP contribution in [0.15, 0.2) is 30.3 Å². The Morgan fingerprint density at radius 1 is 1.33 bits per heavy atom. The van der Waals surface area contributed by atoms with E-state index in [1.54, 1.807) is 0 Å². The standard InChI is InChI=1S/C10H15NO/c1-2-12-8-10(11)9-6-4-3-5-7-9/h3-7,10H,2,8,11H2,1H3. The van der Waals surface area contributed by atoms with Crippen molar-refractivity contribution in [2.24, 2.45) is 5.73 Å². The Morgan fingerprint density at radius 2 is 2.00 bits per heavy atom. The van der Waals surface area contributed by atoms with Gasteiger partial charge in [-0.2, -0.15) is 0 Å². The second kappa shape index (κ2) is 4.91. The Kier molecular flexibility index (Phi) is 3.77. The quantitative estimate of drug-likeness (QED) is 0.737. The molecule has 0 saturated heterocycles. The number of nitrogens with two attached hydrogens (primary N) is 1. The summed E-state index contributed by atoms with van der Waals surface area (Å²) in [5.74, 6) is 0. The summed E-state index contributed by atoms with van der Waals surface area (Å²) in [6.45, 7) is 3.29. The zero-order valence-electron chi connectivity index (χ0n) is 7.36. The third kappa shape index (κ3) is 2.64.